The average Bonchev–Trinajstić information content (AvgIpc) is 1.99. The molecule has 0 spiro atoms. The van der Waals surface area contributed by atoms with E-state index in [4.69, 9.17) is 10.5 Å². The highest BCUT2D eigenvalue weighted by Gasteiger charge is 2.14. The first-order valence-corrected chi connectivity index (χ1v) is 4.21. The number of rotatable bonds is 3. The van der Waals surface area contributed by atoms with Crippen molar-refractivity contribution in [3.63, 3.8) is 0 Å². The second-order valence-corrected chi connectivity index (χ2v) is 3.13. The second-order valence-electron chi connectivity index (χ2n) is 2.68. The standard InChI is InChI=1S/C7H7N3O4S/c8-2(1-3(11)12)4-5(13)9-7(14)10-6(4)15/h8H,1H2,(H,11,12)(H3,9,10,13,14,15). The van der Waals surface area contributed by atoms with Crippen LogP contribution in [0.15, 0.2) is 14.6 Å². The molecule has 15 heavy (non-hydrogen) atoms. The summed E-state index contributed by atoms with van der Waals surface area (Å²) in [4.78, 5) is 36.3. The highest BCUT2D eigenvalue weighted by molar-refractivity contribution is 7.80. The number of aliphatic carboxylic acids is 1. The molecule has 0 unspecified atom stereocenters. The van der Waals surface area contributed by atoms with E-state index >= 15 is 0 Å². The maximum absolute atomic E-state index is 11.2. The summed E-state index contributed by atoms with van der Waals surface area (Å²) in [7, 11) is 0. The van der Waals surface area contributed by atoms with E-state index in [0.29, 0.717) is 0 Å². The van der Waals surface area contributed by atoms with E-state index in [1.807, 2.05) is 4.98 Å². The van der Waals surface area contributed by atoms with Gasteiger partial charge in [-0.05, 0) is 0 Å². The number of hydrogen-bond donors (Lipinski definition) is 5. The molecule has 0 saturated heterocycles. The van der Waals surface area contributed by atoms with Gasteiger partial charge in [-0.3, -0.25) is 14.6 Å². The minimum absolute atomic E-state index is 0.116. The lowest BCUT2D eigenvalue weighted by atomic mass is 10.1. The van der Waals surface area contributed by atoms with Gasteiger partial charge < -0.3 is 15.5 Å². The molecule has 0 amide bonds. The van der Waals surface area contributed by atoms with E-state index < -0.39 is 29.4 Å². The van der Waals surface area contributed by atoms with E-state index in [-0.39, 0.29) is 10.6 Å². The molecular weight excluding hydrogens is 222 g/mol. The van der Waals surface area contributed by atoms with Crippen LogP contribution in [0, 0.1) is 5.41 Å². The molecule has 1 aromatic heterocycles. The lowest BCUT2D eigenvalue weighted by Crippen LogP contribution is -2.29. The van der Waals surface area contributed by atoms with Gasteiger partial charge in [-0.2, -0.15) is 0 Å². The Bertz CT molecular complexity index is 530. The van der Waals surface area contributed by atoms with Crippen LogP contribution in [-0.4, -0.2) is 26.8 Å². The van der Waals surface area contributed by atoms with Crippen molar-refractivity contribution in [2.45, 2.75) is 11.4 Å². The predicted octanol–water partition coefficient (Wildman–Crippen LogP) is -0.806. The summed E-state index contributed by atoms with van der Waals surface area (Å²) >= 11 is 3.79. The monoisotopic (exact) mass is 229 g/mol. The van der Waals surface area contributed by atoms with Gasteiger partial charge in [-0.1, -0.05) is 0 Å². The molecule has 0 radical (unpaired) electrons. The Hall–Kier alpha value is -1.83. The van der Waals surface area contributed by atoms with Crippen molar-refractivity contribution in [2.75, 3.05) is 0 Å². The van der Waals surface area contributed by atoms with Crippen LogP contribution in [0.4, 0.5) is 0 Å². The van der Waals surface area contributed by atoms with Crippen molar-refractivity contribution in [3.8, 4) is 0 Å². The molecule has 0 aliphatic carbocycles. The summed E-state index contributed by atoms with van der Waals surface area (Å²) in [5.41, 5.74) is -2.22. The van der Waals surface area contributed by atoms with Gasteiger partial charge in [0.05, 0.1) is 22.7 Å². The van der Waals surface area contributed by atoms with Gasteiger partial charge in [0.25, 0.3) is 5.56 Å². The molecule has 80 valence electrons. The maximum atomic E-state index is 11.2. The Morgan fingerprint density at radius 2 is 2.00 bits per heavy atom. The molecule has 4 N–H and O–H groups in total. The minimum Gasteiger partial charge on any atom is -0.481 e. The number of H-pyrrole nitrogens is 2. The second kappa shape index (κ2) is 4.13. The molecular formula is C7H7N3O4S. The van der Waals surface area contributed by atoms with Crippen molar-refractivity contribution in [2.24, 2.45) is 0 Å². The van der Waals surface area contributed by atoms with Crippen LogP contribution in [0.5, 0.6) is 0 Å². The largest absolute Gasteiger partial charge is 0.481 e. The molecule has 1 aromatic rings. The Labute approximate surface area is 88.1 Å². The third-order valence-corrected chi connectivity index (χ3v) is 1.89. The van der Waals surface area contributed by atoms with Crippen LogP contribution in [0.1, 0.15) is 12.0 Å². The fraction of sp³-hybridized carbons (Fsp3) is 0.143. The van der Waals surface area contributed by atoms with Gasteiger partial charge in [0.15, 0.2) is 0 Å². The van der Waals surface area contributed by atoms with E-state index in [9.17, 15) is 14.4 Å². The fourth-order valence-corrected chi connectivity index (χ4v) is 1.33. The zero-order valence-corrected chi connectivity index (χ0v) is 8.22. The van der Waals surface area contributed by atoms with Crippen molar-refractivity contribution in [1.82, 2.24) is 9.97 Å². The van der Waals surface area contributed by atoms with E-state index in [1.165, 1.54) is 0 Å². The Balaban J connectivity index is 3.26. The van der Waals surface area contributed by atoms with E-state index in [0.717, 1.165) is 0 Å². The number of hydrogen-bond acceptors (Lipinski definition) is 5. The Morgan fingerprint density at radius 3 is 2.47 bits per heavy atom. The number of carboxylic acid groups (broad SMARTS) is 1. The van der Waals surface area contributed by atoms with Gasteiger partial charge in [0.1, 0.15) is 0 Å². The number of carbonyl (C=O) groups is 1. The summed E-state index contributed by atoms with van der Waals surface area (Å²) in [5, 5.41) is 15.7. The van der Waals surface area contributed by atoms with Crippen LogP contribution >= 0.6 is 12.6 Å². The first-order valence-electron chi connectivity index (χ1n) is 3.77. The average molecular weight is 229 g/mol. The summed E-state index contributed by atoms with van der Waals surface area (Å²) in [6.07, 6.45) is -0.608. The molecule has 8 heteroatoms. The smallest absolute Gasteiger partial charge is 0.326 e. The highest BCUT2D eigenvalue weighted by atomic mass is 32.1. The number of nitrogens with one attached hydrogen (secondary N) is 3. The van der Waals surface area contributed by atoms with Gasteiger partial charge in [-0.15, -0.1) is 12.6 Å². The molecule has 0 fully saturated rings. The normalized spacial score (nSPS) is 9.93. The third-order valence-electron chi connectivity index (χ3n) is 1.55. The SMILES string of the molecule is N=C(CC(=O)O)c1c(S)[nH]c(=O)[nH]c1=O. The summed E-state index contributed by atoms with van der Waals surface area (Å²) < 4.78 is 0. The zero-order chi connectivity index (χ0) is 11.6. The van der Waals surface area contributed by atoms with Crippen LogP contribution in [0.2, 0.25) is 0 Å². The first-order chi connectivity index (χ1) is 6.91. The van der Waals surface area contributed by atoms with Crippen molar-refractivity contribution in [1.29, 1.82) is 5.41 Å². The maximum Gasteiger partial charge on any atom is 0.326 e. The number of aromatic nitrogens is 2. The van der Waals surface area contributed by atoms with Gasteiger partial charge in [0, 0.05) is 0 Å². The lowest BCUT2D eigenvalue weighted by molar-refractivity contribution is -0.135. The van der Waals surface area contributed by atoms with Crippen LogP contribution in [0.25, 0.3) is 0 Å². The molecule has 0 aliphatic heterocycles. The first kappa shape index (κ1) is 11.2. The number of thiol groups is 1. The topological polar surface area (TPSA) is 127 Å². The molecule has 7 nitrogen and oxygen atoms in total. The van der Waals surface area contributed by atoms with Gasteiger partial charge in [0.2, 0.25) is 0 Å². The number of aromatic amines is 2. The Morgan fingerprint density at radius 1 is 1.40 bits per heavy atom. The molecule has 0 bridgehead atoms. The minimum atomic E-state index is -1.24. The zero-order valence-electron chi connectivity index (χ0n) is 7.33. The fourth-order valence-electron chi connectivity index (χ4n) is 0.994. The summed E-state index contributed by atoms with van der Waals surface area (Å²) in [6, 6.07) is 0. The van der Waals surface area contributed by atoms with Crippen molar-refractivity contribution < 1.29 is 9.90 Å². The molecule has 0 atom stereocenters. The third kappa shape index (κ3) is 2.56. The van der Waals surface area contributed by atoms with Crippen LogP contribution in [0.3, 0.4) is 0 Å². The summed E-state index contributed by atoms with van der Waals surface area (Å²) in [6.45, 7) is 0. The van der Waals surface area contributed by atoms with Crippen LogP contribution in [-0.2, 0) is 4.79 Å². The quantitative estimate of drug-likeness (QED) is 0.264. The highest BCUT2D eigenvalue weighted by Crippen LogP contribution is 2.05. The van der Waals surface area contributed by atoms with E-state index in [1.54, 1.807) is 0 Å². The van der Waals surface area contributed by atoms with E-state index in [2.05, 4.69) is 17.6 Å². The molecule has 1 heterocycles. The molecule has 0 saturated carbocycles. The number of carboxylic acids is 1. The molecule has 0 aromatic carbocycles. The van der Waals surface area contributed by atoms with Crippen molar-refractivity contribution in [3.05, 3.63) is 26.4 Å². The summed E-state index contributed by atoms with van der Waals surface area (Å²) in [5.74, 6) is -1.24. The lowest BCUT2D eigenvalue weighted by Gasteiger charge is -2.02. The predicted molar refractivity (Wildman–Crippen MR) is 54.0 cm³/mol. The van der Waals surface area contributed by atoms with Crippen molar-refractivity contribution >= 4 is 24.3 Å². The van der Waals surface area contributed by atoms with Crippen LogP contribution < -0.4 is 11.2 Å². The van der Waals surface area contributed by atoms with Gasteiger partial charge >= 0.3 is 11.7 Å². The molecule has 0 aliphatic rings. The van der Waals surface area contributed by atoms with Gasteiger partial charge in [-0.25, -0.2) is 4.79 Å². The molecule has 1 rings (SSSR count). The Kier molecular flexibility index (Phi) is 3.10.